The third-order valence-corrected chi connectivity index (χ3v) is 2.24. The lowest BCUT2D eigenvalue weighted by Gasteiger charge is -2.41. The highest BCUT2D eigenvalue weighted by Crippen LogP contribution is 2.18. The lowest BCUT2D eigenvalue weighted by Crippen LogP contribution is -2.55. The van der Waals surface area contributed by atoms with Crippen LogP contribution in [0.1, 0.15) is 27.2 Å². The molecule has 3 heteroatoms. The first-order valence-electron chi connectivity index (χ1n) is 4.45. The van der Waals surface area contributed by atoms with Crippen LogP contribution in [0.25, 0.3) is 0 Å². The number of amides is 2. The van der Waals surface area contributed by atoms with Gasteiger partial charge in [-0.1, -0.05) is 0 Å². The lowest BCUT2D eigenvalue weighted by molar-refractivity contribution is 0.0936. The van der Waals surface area contributed by atoms with Crippen LogP contribution in [0.5, 0.6) is 0 Å². The summed E-state index contributed by atoms with van der Waals surface area (Å²) in [6.45, 7) is 8.01. The second-order valence-corrected chi connectivity index (χ2v) is 4.38. The summed E-state index contributed by atoms with van der Waals surface area (Å²) in [5.74, 6) is 0. The molecule has 0 aromatic heterocycles. The van der Waals surface area contributed by atoms with E-state index in [9.17, 15) is 4.79 Å². The number of rotatable bonds is 0. The van der Waals surface area contributed by atoms with Gasteiger partial charge in [0.2, 0.25) is 0 Å². The van der Waals surface area contributed by atoms with Gasteiger partial charge in [0.25, 0.3) is 0 Å². The van der Waals surface area contributed by atoms with E-state index in [0.717, 1.165) is 19.5 Å². The maximum atomic E-state index is 11.6. The Labute approximate surface area is 74.3 Å². The van der Waals surface area contributed by atoms with Gasteiger partial charge in [-0.2, -0.15) is 0 Å². The molecule has 0 spiro atoms. The standard InChI is InChI=1S/C9H18N2O/c1-9(2,3)11-7-5-6-10(4)8(11)12/h5-7H2,1-4H3. The third-order valence-electron chi connectivity index (χ3n) is 2.24. The van der Waals surface area contributed by atoms with Gasteiger partial charge in [-0.15, -0.1) is 0 Å². The lowest BCUT2D eigenvalue weighted by atomic mass is 10.1. The molecule has 0 saturated carbocycles. The number of carbonyl (C=O) groups excluding carboxylic acids is 1. The third kappa shape index (κ3) is 1.71. The van der Waals surface area contributed by atoms with Crippen LogP contribution in [0.15, 0.2) is 0 Å². The fourth-order valence-electron chi connectivity index (χ4n) is 1.49. The Morgan fingerprint density at radius 1 is 1.25 bits per heavy atom. The van der Waals surface area contributed by atoms with Crippen molar-refractivity contribution in [3.63, 3.8) is 0 Å². The fourth-order valence-corrected chi connectivity index (χ4v) is 1.49. The van der Waals surface area contributed by atoms with Crippen LogP contribution in [0, 0.1) is 0 Å². The van der Waals surface area contributed by atoms with Crippen LogP contribution in [0.4, 0.5) is 4.79 Å². The molecule has 3 nitrogen and oxygen atoms in total. The van der Waals surface area contributed by atoms with Gasteiger partial charge in [-0.05, 0) is 27.2 Å². The Morgan fingerprint density at radius 3 is 2.25 bits per heavy atom. The van der Waals surface area contributed by atoms with E-state index >= 15 is 0 Å². The van der Waals surface area contributed by atoms with Crippen molar-refractivity contribution in [2.75, 3.05) is 20.1 Å². The number of hydrogen-bond donors (Lipinski definition) is 0. The average molecular weight is 170 g/mol. The Bertz CT molecular complexity index is 183. The molecule has 0 atom stereocenters. The van der Waals surface area contributed by atoms with Crippen LogP contribution in [-0.4, -0.2) is 41.5 Å². The highest BCUT2D eigenvalue weighted by molar-refractivity contribution is 5.75. The zero-order valence-electron chi connectivity index (χ0n) is 8.42. The van der Waals surface area contributed by atoms with Crippen LogP contribution in [-0.2, 0) is 0 Å². The molecule has 70 valence electrons. The predicted octanol–water partition coefficient (Wildman–Crippen LogP) is 1.54. The summed E-state index contributed by atoms with van der Waals surface area (Å²) in [6, 6.07) is 0.161. The Balaban J connectivity index is 2.71. The van der Waals surface area contributed by atoms with Gasteiger partial charge in [0.05, 0.1) is 0 Å². The van der Waals surface area contributed by atoms with Crippen molar-refractivity contribution in [3.05, 3.63) is 0 Å². The Morgan fingerprint density at radius 2 is 1.83 bits per heavy atom. The summed E-state index contributed by atoms with van der Waals surface area (Å²) in [5.41, 5.74) is -0.0359. The molecule has 1 aliphatic rings. The predicted molar refractivity (Wildman–Crippen MR) is 49.1 cm³/mol. The van der Waals surface area contributed by atoms with Crippen molar-refractivity contribution in [1.82, 2.24) is 9.80 Å². The number of carbonyl (C=O) groups is 1. The molecule has 12 heavy (non-hydrogen) atoms. The van der Waals surface area contributed by atoms with E-state index in [1.54, 1.807) is 4.90 Å². The number of hydrogen-bond acceptors (Lipinski definition) is 1. The van der Waals surface area contributed by atoms with Crippen LogP contribution in [0.2, 0.25) is 0 Å². The van der Waals surface area contributed by atoms with Gasteiger partial charge in [0, 0.05) is 25.7 Å². The highest BCUT2D eigenvalue weighted by Gasteiger charge is 2.30. The van der Waals surface area contributed by atoms with Gasteiger partial charge in [0.1, 0.15) is 0 Å². The van der Waals surface area contributed by atoms with Gasteiger partial charge in [0.15, 0.2) is 0 Å². The zero-order chi connectivity index (χ0) is 9.35. The van der Waals surface area contributed by atoms with Gasteiger partial charge < -0.3 is 9.80 Å². The van der Waals surface area contributed by atoms with Crippen LogP contribution < -0.4 is 0 Å². The molecule has 0 aromatic rings. The molecule has 1 fully saturated rings. The minimum absolute atomic E-state index is 0.0359. The summed E-state index contributed by atoms with van der Waals surface area (Å²) >= 11 is 0. The molecular formula is C9H18N2O. The second-order valence-electron chi connectivity index (χ2n) is 4.38. The molecule has 0 N–H and O–H groups in total. The quantitative estimate of drug-likeness (QED) is 0.541. The molecule has 0 bridgehead atoms. The van der Waals surface area contributed by atoms with Crippen LogP contribution >= 0.6 is 0 Å². The maximum absolute atomic E-state index is 11.6. The monoisotopic (exact) mass is 170 g/mol. The van der Waals surface area contributed by atoms with E-state index in [4.69, 9.17) is 0 Å². The molecule has 1 rings (SSSR count). The second kappa shape index (κ2) is 2.96. The molecule has 0 radical (unpaired) electrons. The molecule has 0 unspecified atom stereocenters. The summed E-state index contributed by atoms with van der Waals surface area (Å²) in [6.07, 6.45) is 1.08. The number of nitrogens with zero attached hydrogens (tertiary/aromatic N) is 2. The van der Waals surface area contributed by atoms with E-state index in [1.165, 1.54) is 0 Å². The SMILES string of the molecule is CN1CCCN(C(C)(C)C)C1=O. The fraction of sp³-hybridized carbons (Fsp3) is 0.889. The van der Waals surface area contributed by atoms with Gasteiger partial charge >= 0.3 is 6.03 Å². The van der Waals surface area contributed by atoms with Crippen molar-refractivity contribution >= 4 is 6.03 Å². The van der Waals surface area contributed by atoms with Crippen molar-refractivity contribution in [2.24, 2.45) is 0 Å². The van der Waals surface area contributed by atoms with Crippen molar-refractivity contribution in [2.45, 2.75) is 32.7 Å². The smallest absolute Gasteiger partial charge is 0.320 e. The topological polar surface area (TPSA) is 23.6 Å². The maximum Gasteiger partial charge on any atom is 0.320 e. The summed E-state index contributed by atoms with van der Waals surface area (Å²) in [5, 5.41) is 0. The van der Waals surface area contributed by atoms with E-state index in [1.807, 2.05) is 11.9 Å². The zero-order valence-corrected chi connectivity index (χ0v) is 8.42. The van der Waals surface area contributed by atoms with Crippen molar-refractivity contribution in [3.8, 4) is 0 Å². The molecule has 0 aliphatic carbocycles. The minimum atomic E-state index is -0.0359. The Kier molecular flexibility index (Phi) is 2.31. The first-order valence-corrected chi connectivity index (χ1v) is 4.45. The molecule has 1 heterocycles. The largest absolute Gasteiger partial charge is 0.328 e. The molecular weight excluding hydrogens is 152 g/mol. The van der Waals surface area contributed by atoms with E-state index in [0.29, 0.717) is 0 Å². The minimum Gasteiger partial charge on any atom is -0.328 e. The van der Waals surface area contributed by atoms with Crippen molar-refractivity contribution < 1.29 is 4.79 Å². The highest BCUT2D eigenvalue weighted by atomic mass is 16.2. The van der Waals surface area contributed by atoms with E-state index in [2.05, 4.69) is 20.8 Å². The molecule has 0 aromatic carbocycles. The molecule has 1 aliphatic heterocycles. The number of urea groups is 1. The Hall–Kier alpha value is -0.730. The summed E-state index contributed by atoms with van der Waals surface area (Å²) in [7, 11) is 1.86. The van der Waals surface area contributed by atoms with Gasteiger partial charge in [-0.3, -0.25) is 0 Å². The average Bonchev–Trinajstić information content (AvgIpc) is 1.92. The van der Waals surface area contributed by atoms with Crippen LogP contribution in [0.3, 0.4) is 0 Å². The molecule has 2 amide bonds. The summed E-state index contributed by atoms with van der Waals surface area (Å²) in [4.78, 5) is 15.3. The molecule has 1 saturated heterocycles. The van der Waals surface area contributed by atoms with E-state index in [-0.39, 0.29) is 11.6 Å². The van der Waals surface area contributed by atoms with Crippen molar-refractivity contribution in [1.29, 1.82) is 0 Å². The summed E-state index contributed by atoms with van der Waals surface area (Å²) < 4.78 is 0. The van der Waals surface area contributed by atoms with E-state index < -0.39 is 0 Å². The van der Waals surface area contributed by atoms with Gasteiger partial charge in [-0.25, -0.2) is 4.79 Å². The first kappa shape index (κ1) is 9.36. The first-order chi connectivity index (χ1) is 5.43. The normalized spacial score (nSPS) is 20.2.